The first-order valence-electron chi connectivity index (χ1n) is 7.73. The maximum Gasteiger partial charge on any atom is 0.141 e. The molecule has 112 valence electrons. The van der Waals surface area contributed by atoms with Gasteiger partial charge in [-0.15, -0.1) is 0 Å². The van der Waals surface area contributed by atoms with Gasteiger partial charge in [0.25, 0.3) is 0 Å². The maximum absolute atomic E-state index is 12.4. The zero-order valence-electron chi connectivity index (χ0n) is 12.8. The fourth-order valence-corrected chi connectivity index (χ4v) is 3.59. The molecule has 0 bridgehead atoms. The van der Waals surface area contributed by atoms with E-state index in [0.717, 1.165) is 30.1 Å². The van der Waals surface area contributed by atoms with E-state index >= 15 is 0 Å². The Hall–Kier alpha value is -0.830. The second-order valence-corrected chi connectivity index (χ2v) is 6.50. The van der Waals surface area contributed by atoms with Crippen molar-refractivity contribution in [1.29, 1.82) is 0 Å². The van der Waals surface area contributed by atoms with Crippen LogP contribution in [0.2, 0.25) is 5.02 Å². The molecule has 0 atom stereocenters. The topological polar surface area (TPSA) is 34.9 Å². The number of carbonyl (C=O) groups is 1. The minimum absolute atomic E-state index is 0.231. The Kier molecular flexibility index (Phi) is 5.25. The largest absolute Gasteiger partial charge is 0.299 e. The predicted octanol–water partition coefficient (Wildman–Crippen LogP) is 4.10. The fraction of sp³-hybridized carbons (Fsp3) is 0.750. The summed E-state index contributed by atoms with van der Waals surface area (Å²) >= 11 is 6.23. The standard InChI is InChI=1S/C16H25ClN2O/c1-4-5-12-6-8-13(9-7-12)15(20)10-14-16(17)11(2)18-19(14)3/h12-13H,4-10H2,1-3H3. The van der Waals surface area contributed by atoms with E-state index in [4.69, 9.17) is 11.6 Å². The summed E-state index contributed by atoms with van der Waals surface area (Å²) in [4.78, 5) is 12.4. The SMILES string of the molecule is CCCC1CCC(C(=O)Cc2c(Cl)c(C)nn2C)CC1. The lowest BCUT2D eigenvalue weighted by atomic mass is 9.77. The summed E-state index contributed by atoms with van der Waals surface area (Å²) in [6.07, 6.45) is 7.53. The monoisotopic (exact) mass is 296 g/mol. The molecule has 1 saturated carbocycles. The van der Waals surface area contributed by atoms with Crippen LogP contribution < -0.4 is 0 Å². The summed E-state index contributed by atoms with van der Waals surface area (Å²) in [6, 6.07) is 0. The molecular formula is C16H25ClN2O. The number of carbonyl (C=O) groups excluding carboxylic acids is 1. The molecule has 1 aliphatic rings. The lowest BCUT2D eigenvalue weighted by Crippen LogP contribution is -2.24. The predicted molar refractivity (Wildman–Crippen MR) is 82.0 cm³/mol. The summed E-state index contributed by atoms with van der Waals surface area (Å²) in [5.74, 6) is 1.41. The number of nitrogens with zero attached hydrogens (tertiary/aromatic N) is 2. The van der Waals surface area contributed by atoms with Crippen LogP contribution >= 0.6 is 11.6 Å². The van der Waals surface area contributed by atoms with Gasteiger partial charge < -0.3 is 0 Å². The molecule has 20 heavy (non-hydrogen) atoms. The van der Waals surface area contributed by atoms with E-state index in [2.05, 4.69) is 12.0 Å². The Balaban J connectivity index is 1.93. The van der Waals surface area contributed by atoms with Crippen LogP contribution in [0, 0.1) is 18.8 Å². The molecule has 3 nitrogen and oxygen atoms in total. The first-order chi connectivity index (χ1) is 9.52. The zero-order valence-corrected chi connectivity index (χ0v) is 13.5. The number of halogens is 1. The first-order valence-corrected chi connectivity index (χ1v) is 8.11. The highest BCUT2D eigenvalue weighted by Gasteiger charge is 2.27. The van der Waals surface area contributed by atoms with Gasteiger partial charge in [-0.25, -0.2) is 0 Å². The number of aromatic nitrogens is 2. The lowest BCUT2D eigenvalue weighted by Gasteiger charge is -2.27. The number of aryl methyl sites for hydroxylation is 2. The molecule has 0 aromatic carbocycles. The number of Topliss-reactive ketones (excluding diaryl/α,β-unsaturated/α-hetero) is 1. The van der Waals surface area contributed by atoms with Crippen molar-refractivity contribution in [3.05, 3.63) is 16.4 Å². The van der Waals surface area contributed by atoms with Gasteiger partial charge in [-0.3, -0.25) is 9.48 Å². The highest BCUT2D eigenvalue weighted by molar-refractivity contribution is 6.32. The minimum Gasteiger partial charge on any atom is -0.299 e. The summed E-state index contributed by atoms with van der Waals surface area (Å²) < 4.78 is 1.75. The van der Waals surface area contributed by atoms with E-state index in [1.54, 1.807) is 4.68 Å². The van der Waals surface area contributed by atoms with Crippen LogP contribution in [-0.2, 0) is 18.3 Å². The van der Waals surface area contributed by atoms with Gasteiger partial charge in [0, 0.05) is 13.0 Å². The summed E-state index contributed by atoms with van der Waals surface area (Å²) in [5.41, 5.74) is 1.67. The third-order valence-electron chi connectivity index (χ3n) is 4.60. The van der Waals surface area contributed by atoms with Crippen molar-refractivity contribution in [3.8, 4) is 0 Å². The third kappa shape index (κ3) is 3.43. The van der Waals surface area contributed by atoms with Gasteiger partial charge >= 0.3 is 0 Å². The van der Waals surface area contributed by atoms with E-state index in [0.29, 0.717) is 17.2 Å². The Morgan fingerprint density at radius 1 is 1.35 bits per heavy atom. The van der Waals surface area contributed by atoms with Crippen LogP contribution in [0.15, 0.2) is 0 Å². The molecule has 1 heterocycles. The van der Waals surface area contributed by atoms with E-state index in [9.17, 15) is 4.79 Å². The summed E-state index contributed by atoms with van der Waals surface area (Å²) in [5, 5.41) is 4.93. The van der Waals surface area contributed by atoms with Crippen LogP contribution in [0.1, 0.15) is 56.8 Å². The molecular weight excluding hydrogens is 272 g/mol. The normalized spacial score (nSPS) is 23.0. The highest BCUT2D eigenvalue weighted by Crippen LogP contribution is 2.33. The highest BCUT2D eigenvalue weighted by atomic mass is 35.5. The molecule has 1 aromatic rings. The van der Waals surface area contributed by atoms with Crippen LogP contribution in [0.25, 0.3) is 0 Å². The van der Waals surface area contributed by atoms with Gasteiger partial charge in [0.1, 0.15) is 5.78 Å². The van der Waals surface area contributed by atoms with Crippen molar-refractivity contribution in [2.24, 2.45) is 18.9 Å². The minimum atomic E-state index is 0.231. The molecule has 0 N–H and O–H groups in total. The van der Waals surface area contributed by atoms with Crippen molar-refractivity contribution in [3.63, 3.8) is 0 Å². The van der Waals surface area contributed by atoms with Gasteiger partial charge in [-0.05, 0) is 38.5 Å². The molecule has 2 rings (SSSR count). The molecule has 4 heteroatoms. The summed E-state index contributed by atoms with van der Waals surface area (Å²) in [7, 11) is 1.86. The Morgan fingerprint density at radius 3 is 2.50 bits per heavy atom. The first kappa shape index (κ1) is 15.6. The Morgan fingerprint density at radius 2 is 2.00 bits per heavy atom. The van der Waals surface area contributed by atoms with Crippen molar-refractivity contribution in [1.82, 2.24) is 9.78 Å². The smallest absolute Gasteiger partial charge is 0.141 e. The van der Waals surface area contributed by atoms with Gasteiger partial charge in [0.05, 0.1) is 22.8 Å². The van der Waals surface area contributed by atoms with Crippen molar-refractivity contribution >= 4 is 17.4 Å². The number of ketones is 1. The molecule has 0 radical (unpaired) electrons. The molecule has 0 aliphatic heterocycles. The quantitative estimate of drug-likeness (QED) is 0.820. The van der Waals surface area contributed by atoms with Crippen LogP contribution in [-0.4, -0.2) is 15.6 Å². The van der Waals surface area contributed by atoms with Gasteiger partial charge in [-0.2, -0.15) is 5.10 Å². The maximum atomic E-state index is 12.4. The van der Waals surface area contributed by atoms with Crippen LogP contribution in [0.5, 0.6) is 0 Å². The average molecular weight is 297 g/mol. The number of rotatable bonds is 5. The average Bonchev–Trinajstić information content (AvgIpc) is 2.66. The number of hydrogen-bond donors (Lipinski definition) is 0. The fourth-order valence-electron chi connectivity index (χ4n) is 3.36. The second kappa shape index (κ2) is 6.75. The Bertz CT molecular complexity index is 473. The lowest BCUT2D eigenvalue weighted by molar-refractivity contribution is -0.123. The van der Waals surface area contributed by atoms with Gasteiger partial charge in [0.2, 0.25) is 0 Å². The second-order valence-electron chi connectivity index (χ2n) is 6.12. The van der Waals surface area contributed by atoms with Crippen molar-refractivity contribution in [2.75, 3.05) is 0 Å². The number of hydrogen-bond acceptors (Lipinski definition) is 2. The van der Waals surface area contributed by atoms with E-state index in [1.807, 2.05) is 14.0 Å². The summed E-state index contributed by atoms with van der Waals surface area (Å²) in [6.45, 7) is 4.12. The van der Waals surface area contributed by atoms with Crippen LogP contribution in [0.3, 0.4) is 0 Å². The van der Waals surface area contributed by atoms with Crippen molar-refractivity contribution in [2.45, 2.75) is 58.8 Å². The van der Waals surface area contributed by atoms with E-state index in [1.165, 1.54) is 25.7 Å². The molecule has 1 fully saturated rings. The van der Waals surface area contributed by atoms with E-state index < -0.39 is 0 Å². The van der Waals surface area contributed by atoms with Gasteiger partial charge in [-0.1, -0.05) is 31.4 Å². The molecule has 1 aromatic heterocycles. The molecule has 1 aliphatic carbocycles. The molecule has 0 amide bonds. The van der Waals surface area contributed by atoms with Crippen LogP contribution in [0.4, 0.5) is 0 Å². The molecule has 0 saturated heterocycles. The molecule has 0 unspecified atom stereocenters. The zero-order chi connectivity index (χ0) is 14.7. The van der Waals surface area contributed by atoms with E-state index in [-0.39, 0.29) is 5.92 Å². The Labute approximate surface area is 126 Å². The van der Waals surface area contributed by atoms with Gasteiger partial charge in [0.15, 0.2) is 0 Å². The van der Waals surface area contributed by atoms with Crippen molar-refractivity contribution < 1.29 is 4.79 Å². The molecule has 0 spiro atoms. The third-order valence-corrected chi connectivity index (χ3v) is 5.09.